The number of pyridine rings is 2. The van der Waals surface area contributed by atoms with E-state index in [1.54, 1.807) is 18.6 Å². The van der Waals surface area contributed by atoms with Crippen molar-refractivity contribution < 1.29 is 4.74 Å². The minimum absolute atomic E-state index is 0.369. The molecule has 1 aliphatic heterocycles. The molecule has 1 fully saturated rings. The fraction of sp³-hybridized carbons (Fsp3) is 0.423. The van der Waals surface area contributed by atoms with E-state index in [4.69, 9.17) is 15.5 Å². The number of morpholine rings is 1. The number of allylic oxidation sites excluding steroid dienone is 1. The number of aromatic nitrogens is 4. The lowest BCUT2D eigenvalue weighted by molar-refractivity contribution is 0.0191. The highest BCUT2D eigenvalue weighted by atomic mass is 16.5. The van der Waals surface area contributed by atoms with Crippen LogP contribution in [0.15, 0.2) is 47.9 Å². The van der Waals surface area contributed by atoms with Crippen LogP contribution in [0.2, 0.25) is 0 Å². The van der Waals surface area contributed by atoms with Gasteiger partial charge in [0.1, 0.15) is 5.82 Å². The van der Waals surface area contributed by atoms with Crippen LogP contribution in [-0.4, -0.2) is 70.2 Å². The van der Waals surface area contributed by atoms with E-state index in [9.17, 15) is 0 Å². The van der Waals surface area contributed by atoms with Crippen LogP contribution in [0.25, 0.3) is 16.6 Å². The van der Waals surface area contributed by atoms with E-state index in [1.165, 1.54) is 0 Å². The quantitative estimate of drug-likeness (QED) is 0.451. The van der Waals surface area contributed by atoms with Crippen molar-refractivity contribution >= 4 is 34.5 Å². The molecule has 0 aliphatic carbocycles. The van der Waals surface area contributed by atoms with Crippen LogP contribution in [0.1, 0.15) is 44.2 Å². The van der Waals surface area contributed by atoms with Crippen molar-refractivity contribution in [3.05, 3.63) is 54.0 Å². The molecule has 3 N–H and O–H groups in total. The van der Waals surface area contributed by atoms with Crippen LogP contribution in [0.5, 0.6) is 0 Å². The number of rotatable bonds is 9. The number of nitrogens with two attached hydrogens (primary N) is 1. The summed E-state index contributed by atoms with van der Waals surface area (Å²) < 4.78 is 5.44. The van der Waals surface area contributed by atoms with Gasteiger partial charge in [0.05, 0.1) is 30.4 Å². The van der Waals surface area contributed by atoms with Crippen LogP contribution >= 0.6 is 0 Å². The molecule has 3 aromatic heterocycles. The molecule has 0 radical (unpaired) electrons. The average Bonchev–Trinajstić information content (AvgIpc) is 2.89. The summed E-state index contributed by atoms with van der Waals surface area (Å²) in [7, 11) is 0. The Balaban J connectivity index is 1.43. The first kappa shape index (κ1) is 24.7. The van der Waals surface area contributed by atoms with E-state index < -0.39 is 0 Å². The van der Waals surface area contributed by atoms with E-state index in [0.29, 0.717) is 23.6 Å². The zero-order valence-electron chi connectivity index (χ0n) is 20.7. The first-order valence-electron chi connectivity index (χ1n) is 12.1. The summed E-state index contributed by atoms with van der Waals surface area (Å²) in [5.41, 5.74) is 10.3. The number of hydrogen-bond acceptors (Lipinski definition) is 9. The first-order chi connectivity index (χ1) is 17.0. The molecule has 0 spiro atoms. The molecular formula is C26H34N8O. The van der Waals surface area contributed by atoms with Crippen molar-refractivity contribution in [3.8, 4) is 0 Å². The van der Waals surface area contributed by atoms with Gasteiger partial charge in [-0.05, 0) is 49.1 Å². The van der Waals surface area contributed by atoms with Gasteiger partial charge >= 0.3 is 0 Å². The third-order valence-electron chi connectivity index (χ3n) is 6.22. The molecule has 0 bridgehead atoms. The highest BCUT2D eigenvalue weighted by Gasteiger charge is 2.16. The molecule has 0 saturated carbocycles. The Morgan fingerprint density at radius 2 is 1.97 bits per heavy atom. The lowest BCUT2D eigenvalue weighted by atomic mass is 10.1. The highest BCUT2D eigenvalue weighted by molar-refractivity contribution is 6.10. The molecule has 1 aliphatic rings. The molecule has 9 nitrogen and oxygen atoms in total. The SMILES string of the molecule is CC(C)c1cnnc(Nc2ccc3ncc(C(C=NCCC(C)N4CCOCC4)=CN)cc3n2)c1. The summed E-state index contributed by atoms with van der Waals surface area (Å²) >= 11 is 0. The number of hydrogen-bond donors (Lipinski definition) is 2. The second kappa shape index (κ2) is 11.8. The van der Waals surface area contributed by atoms with Crippen molar-refractivity contribution in [1.29, 1.82) is 0 Å². The van der Waals surface area contributed by atoms with Gasteiger partial charge in [-0.2, -0.15) is 5.10 Å². The Morgan fingerprint density at radius 3 is 2.74 bits per heavy atom. The van der Waals surface area contributed by atoms with Crippen molar-refractivity contribution in [2.75, 3.05) is 38.2 Å². The highest BCUT2D eigenvalue weighted by Crippen LogP contribution is 2.21. The largest absolute Gasteiger partial charge is 0.404 e. The molecule has 4 heterocycles. The smallest absolute Gasteiger partial charge is 0.154 e. The lowest BCUT2D eigenvalue weighted by Crippen LogP contribution is -2.42. The summed E-state index contributed by atoms with van der Waals surface area (Å²) in [4.78, 5) is 16.4. The predicted molar refractivity (Wildman–Crippen MR) is 141 cm³/mol. The van der Waals surface area contributed by atoms with Gasteiger partial charge in [0.15, 0.2) is 5.82 Å². The normalized spacial score (nSPS) is 16.3. The second-order valence-electron chi connectivity index (χ2n) is 9.06. The minimum atomic E-state index is 0.369. The van der Waals surface area contributed by atoms with Crippen LogP contribution < -0.4 is 11.1 Å². The molecular weight excluding hydrogens is 440 g/mol. The maximum absolute atomic E-state index is 5.93. The molecule has 1 unspecified atom stereocenters. The summed E-state index contributed by atoms with van der Waals surface area (Å²) in [5.74, 6) is 1.71. The fourth-order valence-electron chi connectivity index (χ4n) is 3.96. The maximum atomic E-state index is 5.93. The Morgan fingerprint density at radius 1 is 1.14 bits per heavy atom. The molecule has 4 rings (SSSR count). The number of fused-ring (bicyclic) bond motifs is 1. The first-order valence-corrected chi connectivity index (χ1v) is 12.1. The monoisotopic (exact) mass is 474 g/mol. The van der Waals surface area contributed by atoms with E-state index in [2.05, 4.69) is 51.2 Å². The molecule has 0 amide bonds. The van der Waals surface area contributed by atoms with Crippen molar-refractivity contribution in [3.63, 3.8) is 0 Å². The van der Waals surface area contributed by atoms with Gasteiger partial charge in [-0.15, -0.1) is 5.10 Å². The van der Waals surface area contributed by atoms with Crippen LogP contribution in [0.3, 0.4) is 0 Å². The fourth-order valence-corrected chi connectivity index (χ4v) is 3.96. The van der Waals surface area contributed by atoms with Gasteiger partial charge in [0.2, 0.25) is 0 Å². The third kappa shape index (κ3) is 6.58. The molecule has 1 atom stereocenters. The van der Waals surface area contributed by atoms with Gasteiger partial charge < -0.3 is 15.8 Å². The Labute approximate surface area is 206 Å². The summed E-state index contributed by atoms with van der Waals surface area (Å²) in [6, 6.07) is 8.26. The standard InChI is InChI=1S/C26H34N8O/c1-18(2)20-13-26(33-30-17-20)32-25-5-4-23-24(31-25)12-21(16-29-23)22(14-27)15-28-7-6-19(3)34-8-10-35-11-9-34/h4-5,12-19H,6-11,27H2,1-3H3,(H,31,32,33). The van der Waals surface area contributed by atoms with Crippen molar-refractivity contribution in [2.45, 2.75) is 39.2 Å². The molecule has 1 saturated heterocycles. The van der Waals surface area contributed by atoms with Gasteiger partial charge in [-0.1, -0.05) is 13.8 Å². The van der Waals surface area contributed by atoms with E-state index >= 15 is 0 Å². The van der Waals surface area contributed by atoms with Gasteiger partial charge in [0, 0.05) is 55.4 Å². The third-order valence-corrected chi connectivity index (χ3v) is 6.22. The number of ether oxygens (including phenoxy) is 1. The Hall–Kier alpha value is -3.43. The van der Waals surface area contributed by atoms with E-state index in [-0.39, 0.29) is 0 Å². The topological polar surface area (TPSA) is 114 Å². The zero-order chi connectivity index (χ0) is 24.6. The summed E-state index contributed by atoms with van der Waals surface area (Å²) in [6.45, 7) is 10.8. The molecule has 9 heteroatoms. The van der Waals surface area contributed by atoms with E-state index in [1.807, 2.05) is 30.5 Å². The number of nitrogens with zero attached hydrogens (tertiary/aromatic N) is 6. The molecule has 0 aromatic carbocycles. The predicted octanol–water partition coefficient (Wildman–Crippen LogP) is 3.77. The summed E-state index contributed by atoms with van der Waals surface area (Å²) in [6.07, 6.45) is 7.96. The second-order valence-corrected chi connectivity index (χ2v) is 9.06. The summed E-state index contributed by atoms with van der Waals surface area (Å²) in [5, 5.41) is 11.5. The molecule has 3 aromatic rings. The minimum Gasteiger partial charge on any atom is -0.404 e. The maximum Gasteiger partial charge on any atom is 0.154 e. The van der Waals surface area contributed by atoms with E-state index in [0.717, 1.165) is 67.0 Å². The number of aliphatic imine (C=N–C) groups is 1. The van der Waals surface area contributed by atoms with Crippen molar-refractivity contribution in [1.82, 2.24) is 25.1 Å². The zero-order valence-corrected chi connectivity index (χ0v) is 20.7. The Bertz CT molecular complexity index is 1190. The average molecular weight is 475 g/mol. The van der Waals surface area contributed by atoms with Crippen LogP contribution in [0, 0.1) is 0 Å². The van der Waals surface area contributed by atoms with Crippen molar-refractivity contribution in [2.24, 2.45) is 10.7 Å². The van der Waals surface area contributed by atoms with Gasteiger partial charge in [-0.25, -0.2) is 4.98 Å². The lowest BCUT2D eigenvalue weighted by Gasteiger charge is -2.31. The number of anilines is 2. The van der Waals surface area contributed by atoms with Gasteiger partial charge in [-0.3, -0.25) is 14.9 Å². The van der Waals surface area contributed by atoms with Gasteiger partial charge in [0.25, 0.3) is 0 Å². The molecule has 35 heavy (non-hydrogen) atoms. The van der Waals surface area contributed by atoms with Crippen LogP contribution in [-0.2, 0) is 4.74 Å². The van der Waals surface area contributed by atoms with Crippen LogP contribution in [0.4, 0.5) is 11.6 Å². The molecule has 184 valence electrons. The Kier molecular flexibility index (Phi) is 8.33. The number of nitrogens with one attached hydrogen (secondary N) is 1.